The van der Waals surface area contributed by atoms with Crippen LogP contribution < -0.4 is 20.5 Å². The molecule has 0 unspecified atom stereocenters. The third-order valence-corrected chi connectivity index (χ3v) is 7.10. The molecule has 1 aromatic carbocycles. The summed E-state index contributed by atoms with van der Waals surface area (Å²) in [5, 5.41) is 3.69. The molecular weight excluding hydrogens is 454 g/mol. The summed E-state index contributed by atoms with van der Waals surface area (Å²) in [6, 6.07) is 9.27. The van der Waals surface area contributed by atoms with Gasteiger partial charge >= 0.3 is 6.61 Å². The van der Waals surface area contributed by atoms with Crippen molar-refractivity contribution in [1.82, 2.24) is 19.4 Å². The number of fused-ring (bicyclic) bond motifs is 1. The Hall–Kier alpha value is -3.27. The van der Waals surface area contributed by atoms with Gasteiger partial charge in [-0.25, -0.2) is 4.98 Å². The lowest BCUT2D eigenvalue weighted by molar-refractivity contribution is -0.0510. The van der Waals surface area contributed by atoms with E-state index in [0.717, 1.165) is 51.1 Å². The molecule has 0 radical (unpaired) electrons. The molecule has 1 saturated carbocycles. The summed E-state index contributed by atoms with van der Waals surface area (Å²) in [6.07, 6.45) is 4.26. The van der Waals surface area contributed by atoms with Crippen molar-refractivity contribution < 1.29 is 13.5 Å². The summed E-state index contributed by atoms with van der Waals surface area (Å²) < 4.78 is 31.9. The Kier molecular flexibility index (Phi) is 6.55. The van der Waals surface area contributed by atoms with Gasteiger partial charge in [-0.1, -0.05) is 13.3 Å². The van der Waals surface area contributed by atoms with Gasteiger partial charge in [0, 0.05) is 55.2 Å². The smallest absolute Gasteiger partial charge is 0.387 e. The molecule has 1 aliphatic carbocycles. The highest BCUT2D eigenvalue weighted by atomic mass is 19.3. The van der Waals surface area contributed by atoms with Gasteiger partial charge in [0.25, 0.3) is 5.56 Å². The Morgan fingerprint density at radius 3 is 2.51 bits per heavy atom. The van der Waals surface area contributed by atoms with Crippen LogP contribution in [0.4, 0.5) is 26.1 Å². The fraction of sp³-hybridized carbons (Fsp3) is 0.480. The van der Waals surface area contributed by atoms with Crippen molar-refractivity contribution in [2.75, 3.05) is 43.4 Å². The lowest BCUT2D eigenvalue weighted by Gasteiger charge is -2.34. The zero-order chi connectivity index (χ0) is 24.5. The average molecular weight is 485 g/mol. The summed E-state index contributed by atoms with van der Waals surface area (Å²) >= 11 is 0. The van der Waals surface area contributed by atoms with Crippen molar-refractivity contribution in [1.29, 1.82) is 0 Å². The number of rotatable bonds is 6. The number of halogens is 2. The van der Waals surface area contributed by atoms with E-state index in [4.69, 9.17) is 0 Å². The number of alkyl halides is 2. The summed E-state index contributed by atoms with van der Waals surface area (Å²) in [5.41, 5.74) is 1.82. The number of ether oxygens (including phenoxy) is 1. The maximum absolute atomic E-state index is 13.1. The van der Waals surface area contributed by atoms with Gasteiger partial charge < -0.3 is 19.9 Å². The predicted octanol–water partition coefficient (Wildman–Crippen LogP) is 4.25. The number of likely N-dealkylation sites (N-methyl/N-ethyl adjacent to an activating group) is 1. The largest absolute Gasteiger partial charge is 0.429 e. The van der Waals surface area contributed by atoms with Crippen LogP contribution in [0.2, 0.25) is 0 Å². The first-order valence-corrected chi connectivity index (χ1v) is 12.1. The summed E-state index contributed by atoms with van der Waals surface area (Å²) in [5.74, 6) is 0.188. The fourth-order valence-corrected chi connectivity index (χ4v) is 5.10. The van der Waals surface area contributed by atoms with Gasteiger partial charge in [0.1, 0.15) is 5.65 Å². The molecule has 3 aromatic rings. The van der Waals surface area contributed by atoms with Crippen molar-refractivity contribution in [3.63, 3.8) is 0 Å². The Balaban J connectivity index is 1.45. The molecule has 3 heterocycles. The van der Waals surface area contributed by atoms with Crippen LogP contribution in [0.3, 0.4) is 0 Å². The number of anilines is 3. The van der Waals surface area contributed by atoms with Crippen LogP contribution in [-0.4, -0.2) is 59.3 Å². The van der Waals surface area contributed by atoms with Crippen LogP contribution in [0.1, 0.15) is 32.2 Å². The van der Waals surface area contributed by atoms with E-state index in [1.165, 1.54) is 22.5 Å². The molecule has 186 valence electrons. The van der Waals surface area contributed by atoms with E-state index in [-0.39, 0.29) is 17.7 Å². The molecule has 0 amide bonds. The van der Waals surface area contributed by atoms with Crippen molar-refractivity contribution in [3.8, 4) is 5.75 Å². The normalized spacial score (nSPS) is 21.1. The first-order valence-electron chi connectivity index (χ1n) is 12.1. The lowest BCUT2D eigenvalue weighted by Crippen LogP contribution is -2.44. The third-order valence-electron chi connectivity index (χ3n) is 7.10. The summed E-state index contributed by atoms with van der Waals surface area (Å²) in [6.45, 7) is 3.05. The topological polar surface area (TPSA) is 75.5 Å². The Morgan fingerprint density at radius 1 is 1.11 bits per heavy atom. The highest BCUT2D eigenvalue weighted by Crippen LogP contribution is 2.36. The number of hydrogen-bond donors (Lipinski definition) is 1. The SMILES string of the molecule is C[C@H]1CCC[C@H]1n1c(=O)c(OC(F)F)cc2cnc(Nc3ccc(N4CCN(C)CC4)cc3)nc21. The molecule has 1 saturated heterocycles. The van der Waals surface area contributed by atoms with Gasteiger partial charge in [-0.05, 0) is 56.1 Å². The number of benzene rings is 1. The maximum Gasteiger partial charge on any atom is 0.387 e. The van der Waals surface area contributed by atoms with Crippen molar-refractivity contribution in [2.24, 2.45) is 5.92 Å². The van der Waals surface area contributed by atoms with Crippen molar-refractivity contribution in [2.45, 2.75) is 38.8 Å². The van der Waals surface area contributed by atoms with E-state index in [1.54, 1.807) is 0 Å². The number of aromatic nitrogens is 3. The third kappa shape index (κ3) is 4.93. The molecule has 2 fully saturated rings. The molecule has 35 heavy (non-hydrogen) atoms. The van der Waals surface area contributed by atoms with Crippen LogP contribution in [-0.2, 0) is 0 Å². The van der Waals surface area contributed by atoms with E-state index in [2.05, 4.69) is 55.9 Å². The molecule has 2 aliphatic rings. The van der Waals surface area contributed by atoms with Crippen LogP contribution in [0.5, 0.6) is 5.75 Å². The van der Waals surface area contributed by atoms with Gasteiger partial charge in [0.15, 0.2) is 5.75 Å². The first kappa shape index (κ1) is 23.5. The van der Waals surface area contributed by atoms with Crippen molar-refractivity contribution in [3.05, 3.63) is 46.9 Å². The monoisotopic (exact) mass is 484 g/mol. The molecule has 10 heteroatoms. The minimum absolute atomic E-state index is 0.128. The Labute approximate surface area is 202 Å². The molecule has 0 spiro atoms. The summed E-state index contributed by atoms with van der Waals surface area (Å²) in [4.78, 5) is 26.8. The minimum Gasteiger partial charge on any atom is -0.429 e. The molecule has 1 N–H and O–H groups in total. The molecule has 8 nitrogen and oxygen atoms in total. The highest BCUT2D eigenvalue weighted by molar-refractivity contribution is 5.77. The van der Waals surface area contributed by atoms with Crippen LogP contribution >= 0.6 is 0 Å². The van der Waals surface area contributed by atoms with Gasteiger partial charge in [0.05, 0.1) is 0 Å². The summed E-state index contributed by atoms with van der Waals surface area (Å²) in [7, 11) is 2.13. The second kappa shape index (κ2) is 9.77. The second-order valence-electron chi connectivity index (χ2n) is 9.47. The minimum atomic E-state index is -3.08. The molecular formula is C25H30F2N6O2. The Morgan fingerprint density at radius 2 is 1.86 bits per heavy atom. The van der Waals surface area contributed by atoms with E-state index in [1.807, 2.05) is 12.1 Å². The number of pyridine rings is 1. The number of nitrogens with zero attached hydrogens (tertiary/aromatic N) is 5. The van der Waals surface area contributed by atoms with E-state index in [0.29, 0.717) is 17.0 Å². The quantitative estimate of drug-likeness (QED) is 0.561. The Bertz CT molecular complexity index is 1240. The average Bonchev–Trinajstić information content (AvgIpc) is 3.26. The van der Waals surface area contributed by atoms with Gasteiger partial charge in [-0.3, -0.25) is 9.36 Å². The molecule has 5 rings (SSSR count). The van der Waals surface area contributed by atoms with Gasteiger partial charge in [0.2, 0.25) is 5.95 Å². The zero-order valence-corrected chi connectivity index (χ0v) is 20.0. The molecule has 2 aromatic heterocycles. The maximum atomic E-state index is 13.1. The van der Waals surface area contributed by atoms with E-state index in [9.17, 15) is 13.6 Å². The predicted molar refractivity (Wildman–Crippen MR) is 132 cm³/mol. The molecule has 2 atom stereocenters. The van der Waals surface area contributed by atoms with Crippen LogP contribution in [0.25, 0.3) is 11.0 Å². The van der Waals surface area contributed by atoms with E-state index >= 15 is 0 Å². The van der Waals surface area contributed by atoms with Crippen molar-refractivity contribution >= 4 is 28.4 Å². The van der Waals surface area contributed by atoms with Crippen LogP contribution in [0, 0.1) is 5.92 Å². The molecule has 1 aliphatic heterocycles. The first-order chi connectivity index (χ1) is 16.9. The van der Waals surface area contributed by atoms with Gasteiger partial charge in [-0.2, -0.15) is 13.8 Å². The lowest BCUT2D eigenvalue weighted by atomic mass is 10.1. The highest BCUT2D eigenvalue weighted by Gasteiger charge is 2.29. The molecule has 0 bridgehead atoms. The fourth-order valence-electron chi connectivity index (χ4n) is 5.10. The van der Waals surface area contributed by atoms with Crippen LogP contribution in [0.15, 0.2) is 41.3 Å². The van der Waals surface area contributed by atoms with E-state index < -0.39 is 12.2 Å². The van der Waals surface area contributed by atoms with Gasteiger partial charge in [-0.15, -0.1) is 0 Å². The number of hydrogen-bond acceptors (Lipinski definition) is 7. The standard InChI is InChI=1S/C25H30F2N6O2/c1-16-4-3-5-20(16)33-22-17(14-21(23(33)34)35-24(26)27)15-28-25(30-22)29-18-6-8-19(9-7-18)32-12-10-31(2)11-13-32/h6-9,14-16,20,24H,3-5,10-13H2,1-2H3,(H,28,29,30)/t16-,20+/m0/s1. The second-order valence-corrected chi connectivity index (χ2v) is 9.47. The zero-order valence-electron chi connectivity index (χ0n) is 20.0. The number of piperazine rings is 1. The number of nitrogens with one attached hydrogen (secondary N) is 1.